The van der Waals surface area contributed by atoms with Gasteiger partial charge in [-0.1, -0.05) is 18.2 Å². The Balaban J connectivity index is 3.14. The van der Waals surface area contributed by atoms with Crippen LogP contribution in [0.3, 0.4) is 0 Å². The number of aliphatic carboxylic acids is 1. The fourth-order valence-electron chi connectivity index (χ4n) is 1.62. The molecular weight excluding hydrogens is 311 g/mol. The summed E-state index contributed by atoms with van der Waals surface area (Å²) in [5.74, 6) is -2.30. The van der Waals surface area contributed by atoms with E-state index in [0.29, 0.717) is 4.31 Å². The first-order valence-electron chi connectivity index (χ1n) is 5.80. The molecule has 0 aliphatic rings. The van der Waals surface area contributed by atoms with E-state index in [4.69, 9.17) is 5.11 Å². The SMILES string of the molecule is CC(C(=O)O)N(C)S(=O)(=O)Cc1ccccc1C(F)(F)F. The summed E-state index contributed by atoms with van der Waals surface area (Å²) in [6.45, 7) is 1.13. The van der Waals surface area contributed by atoms with Gasteiger partial charge in [0.15, 0.2) is 0 Å². The first-order valence-corrected chi connectivity index (χ1v) is 7.41. The Labute approximate surface area is 120 Å². The highest BCUT2D eigenvalue weighted by molar-refractivity contribution is 7.88. The van der Waals surface area contributed by atoms with Crippen molar-refractivity contribution in [1.29, 1.82) is 0 Å². The molecule has 0 radical (unpaired) electrons. The molecule has 0 aliphatic carbocycles. The number of hydrogen-bond acceptors (Lipinski definition) is 3. The van der Waals surface area contributed by atoms with E-state index in [9.17, 15) is 26.4 Å². The minimum Gasteiger partial charge on any atom is -0.480 e. The Morgan fingerprint density at radius 2 is 1.86 bits per heavy atom. The number of sulfonamides is 1. The predicted octanol–water partition coefficient (Wildman–Crippen LogP) is 1.94. The lowest BCUT2D eigenvalue weighted by atomic mass is 10.1. The molecule has 0 saturated carbocycles. The van der Waals surface area contributed by atoms with Crippen molar-refractivity contribution in [2.75, 3.05) is 7.05 Å². The average Bonchev–Trinajstić information content (AvgIpc) is 2.35. The molecule has 5 nitrogen and oxygen atoms in total. The summed E-state index contributed by atoms with van der Waals surface area (Å²) in [6.07, 6.45) is -4.68. The van der Waals surface area contributed by atoms with Gasteiger partial charge in [-0.25, -0.2) is 8.42 Å². The molecule has 0 aromatic heterocycles. The molecule has 1 unspecified atom stereocenters. The highest BCUT2D eigenvalue weighted by atomic mass is 32.2. The van der Waals surface area contributed by atoms with Gasteiger partial charge in [0.1, 0.15) is 6.04 Å². The molecule has 9 heteroatoms. The lowest BCUT2D eigenvalue weighted by Crippen LogP contribution is -2.40. The monoisotopic (exact) mass is 325 g/mol. The maximum atomic E-state index is 12.8. The molecule has 1 aromatic rings. The lowest BCUT2D eigenvalue weighted by Gasteiger charge is -2.22. The van der Waals surface area contributed by atoms with Crippen molar-refractivity contribution in [3.63, 3.8) is 0 Å². The molecule has 0 aliphatic heterocycles. The Kier molecular flexibility index (Phi) is 5.00. The van der Waals surface area contributed by atoms with Crippen LogP contribution in [0.25, 0.3) is 0 Å². The quantitative estimate of drug-likeness (QED) is 0.898. The second kappa shape index (κ2) is 6.02. The van der Waals surface area contributed by atoms with Crippen LogP contribution in [0, 0.1) is 0 Å². The van der Waals surface area contributed by atoms with E-state index in [1.807, 2.05) is 0 Å². The lowest BCUT2D eigenvalue weighted by molar-refractivity contribution is -0.141. The number of nitrogens with zero attached hydrogens (tertiary/aromatic N) is 1. The minimum atomic E-state index is -4.68. The highest BCUT2D eigenvalue weighted by Gasteiger charge is 2.35. The fraction of sp³-hybridized carbons (Fsp3) is 0.417. The molecule has 0 amide bonds. The van der Waals surface area contributed by atoms with Crippen LogP contribution >= 0.6 is 0 Å². The number of benzene rings is 1. The van der Waals surface area contributed by atoms with Crippen molar-refractivity contribution < 1.29 is 31.5 Å². The van der Waals surface area contributed by atoms with Crippen LogP contribution in [-0.2, 0) is 26.7 Å². The van der Waals surface area contributed by atoms with Crippen molar-refractivity contribution in [2.24, 2.45) is 0 Å². The largest absolute Gasteiger partial charge is 0.480 e. The smallest absolute Gasteiger partial charge is 0.416 e. The maximum absolute atomic E-state index is 12.8. The van der Waals surface area contributed by atoms with Gasteiger partial charge in [-0.15, -0.1) is 0 Å². The summed E-state index contributed by atoms with van der Waals surface area (Å²) in [5.41, 5.74) is -1.47. The molecule has 0 spiro atoms. The Hall–Kier alpha value is -1.61. The van der Waals surface area contributed by atoms with Crippen molar-refractivity contribution in [2.45, 2.75) is 24.9 Å². The van der Waals surface area contributed by atoms with Gasteiger partial charge < -0.3 is 5.11 Å². The standard InChI is InChI=1S/C12H14F3NO4S/c1-8(11(17)18)16(2)21(19,20)7-9-5-3-4-6-10(9)12(13,14)15/h3-6,8H,7H2,1-2H3,(H,17,18). The second-order valence-electron chi connectivity index (χ2n) is 4.44. The van der Waals surface area contributed by atoms with Gasteiger partial charge in [0.2, 0.25) is 10.0 Å². The zero-order chi connectivity index (χ0) is 16.4. The van der Waals surface area contributed by atoms with Gasteiger partial charge in [-0.3, -0.25) is 4.79 Å². The normalized spacial score (nSPS) is 14.2. The van der Waals surface area contributed by atoms with E-state index in [2.05, 4.69) is 0 Å². The van der Waals surface area contributed by atoms with Crippen molar-refractivity contribution in [3.05, 3.63) is 35.4 Å². The molecule has 0 heterocycles. The van der Waals surface area contributed by atoms with E-state index in [1.165, 1.54) is 6.07 Å². The number of likely N-dealkylation sites (N-methyl/N-ethyl adjacent to an activating group) is 1. The number of alkyl halides is 3. The topological polar surface area (TPSA) is 74.7 Å². The maximum Gasteiger partial charge on any atom is 0.416 e. The van der Waals surface area contributed by atoms with Crippen molar-refractivity contribution >= 4 is 16.0 Å². The predicted molar refractivity (Wildman–Crippen MR) is 68.9 cm³/mol. The molecule has 21 heavy (non-hydrogen) atoms. The molecule has 118 valence electrons. The van der Waals surface area contributed by atoms with Gasteiger partial charge in [0, 0.05) is 7.05 Å². The van der Waals surface area contributed by atoms with Crippen LogP contribution < -0.4 is 0 Å². The Morgan fingerprint density at radius 3 is 2.33 bits per heavy atom. The summed E-state index contributed by atoms with van der Waals surface area (Å²) >= 11 is 0. The summed E-state index contributed by atoms with van der Waals surface area (Å²) in [6, 6.07) is 2.92. The van der Waals surface area contributed by atoms with Crippen LogP contribution in [0.2, 0.25) is 0 Å². The summed E-state index contributed by atoms with van der Waals surface area (Å²) in [7, 11) is -3.17. The van der Waals surface area contributed by atoms with E-state index < -0.39 is 45.1 Å². The third-order valence-corrected chi connectivity index (χ3v) is 4.87. The van der Waals surface area contributed by atoms with Gasteiger partial charge in [-0.2, -0.15) is 17.5 Å². The molecule has 1 N–H and O–H groups in total. The number of carboxylic acid groups (broad SMARTS) is 1. The molecule has 0 bridgehead atoms. The van der Waals surface area contributed by atoms with Crippen molar-refractivity contribution in [3.8, 4) is 0 Å². The third-order valence-electron chi connectivity index (χ3n) is 3.00. The van der Waals surface area contributed by atoms with Crippen LogP contribution in [0.15, 0.2) is 24.3 Å². The number of carbonyl (C=O) groups is 1. The molecule has 0 fully saturated rings. The molecular formula is C12H14F3NO4S. The van der Waals surface area contributed by atoms with Gasteiger partial charge >= 0.3 is 12.1 Å². The average molecular weight is 325 g/mol. The minimum absolute atomic E-state index is 0.422. The van der Waals surface area contributed by atoms with Gasteiger partial charge in [0.25, 0.3) is 0 Å². The summed E-state index contributed by atoms with van der Waals surface area (Å²) in [4.78, 5) is 10.8. The highest BCUT2D eigenvalue weighted by Crippen LogP contribution is 2.32. The van der Waals surface area contributed by atoms with Gasteiger partial charge in [-0.05, 0) is 18.6 Å². The van der Waals surface area contributed by atoms with Crippen LogP contribution in [0.5, 0.6) is 0 Å². The fourth-order valence-corrected chi connectivity index (χ4v) is 3.04. The molecule has 1 aromatic carbocycles. The number of hydrogen-bond donors (Lipinski definition) is 1. The first-order chi connectivity index (χ1) is 9.47. The molecule has 1 rings (SSSR count). The van der Waals surface area contributed by atoms with Gasteiger partial charge in [0.05, 0.1) is 11.3 Å². The van der Waals surface area contributed by atoms with Crippen LogP contribution in [0.4, 0.5) is 13.2 Å². The summed E-state index contributed by atoms with van der Waals surface area (Å²) in [5, 5.41) is 8.78. The van der Waals surface area contributed by atoms with Crippen LogP contribution in [0.1, 0.15) is 18.1 Å². The number of rotatable bonds is 5. The van der Waals surface area contributed by atoms with E-state index in [1.54, 1.807) is 0 Å². The van der Waals surface area contributed by atoms with E-state index in [-0.39, 0.29) is 0 Å². The second-order valence-corrected chi connectivity index (χ2v) is 6.47. The zero-order valence-corrected chi connectivity index (χ0v) is 12.1. The summed E-state index contributed by atoms with van der Waals surface area (Å²) < 4.78 is 63.0. The van der Waals surface area contributed by atoms with Crippen LogP contribution in [-0.4, -0.2) is 36.9 Å². The zero-order valence-electron chi connectivity index (χ0n) is 11.3. The third kappa shape index (κ3) is 4.18. The van der Waals surface area contributed by atoms with Crippen molar-refractivity contribution in [1.82, 2.24) is 4.31 Å². The number of halogens is 3. The molecule has 0 saturated heterocycles. The molecule has 1 atom stereocenters. The first kappa shape index (κ1) is 17.4. The Bertz CT molecular complexity index is 628. The number of carboxylic acids is 1. The Morgan fingerprint density at radius 1 is 1.33 bits per heavy atom. The van der Waals surface area contributed by atoms with E-state index in [0.717, 1.165) is 32.2 Å². The van der Waals surface area contributed by atoms with E-state index >= 15 is 0 Å².